The van der Waals surface area contributed by atoms with Crippen LogP contribution >= 0.6 is 0 Å². The average molecular weight is 284 g/mol. The maximum atomic E-state index is 13.1. The van der Waals surface area contributed by atoms with E-state index in [4.69, 9.17) is 0 Å². The molecule has 1 aromatic rings. The molecule has 0 aromatic heterocycles. The van der Waals surface area contributed by atoms with Crippen molar-refractivity contribution >= 4 is 0 Å². The van der Waals surface area contributed by atoms with E-state index in [9.17, 15) is 13.2 Å². The fraction of sp³-hybridized carbons (Fsp3) is 0.647. The molecule has 1 aliphatic rings. The molecule has 0 amide bonds. The number of hydrogen-bond donors (Lipinski definition) is 0. The van der Waals surface area contributed by atoms with Crippen molar-refractivity contribution in [3.8, 4) is 0 Å². The highest BCUT2D eigenvalue weighted by Crippen LogP contribution is 2.50. The van der Waals surface area contributed by atoms with Crippen LogP contribution in [0.25, 0.3) is 0 Å². The molecule has 0 N–H and O–H groups in total. The first-order valence-electron chi connectivity index (χ1n) is 7.46. The SMILES string of the molecule is CCCCC(C)(C)C1CCc2c1cccc2C(F)(F)F. The van der Waals surface area contributed by atoms with Gasteiger partial charge in [-0.2, -0.15) is 13.2 Å². The fourth-order valence-corrected chi connectivity index (χ4v) is 3.54. The molecule has 0 saturated heterocycles. The summed E-state index contributed by atoms with van der Waals surface area (Å²) in [7, 11) is 0. The van der Waals surface area contributed by atoms with Crippen molar-refractivity contribution in [2.24, 2.45) is 5.41 Å². The van der Waals surface area contributed by atoms with Crippen LogP contribution in [0.2, 0.25) is 0 Å². The van der Waals surface area contributed by atoms with Gasteiger partial charge in [-0.25, -0.2) is 0 Å². The quantitative estimate of drug-likeness (QED) is 0.640. The largest absolute Gasteiger partial charge is 0.416 e. The highest BCUT2D eigenvalue weighted by molar-refractivity contribution is 5.43. The molecule has 0 heterocycles. The smallest absolute Gasteiger partial charge is 0.166 e. The monoisotopic (exact) mass is 284 g/mol. The van der Waals surface area contributed by atoms with Crippen molar-refractivity contribution in [2.45, 2.75) is 65.0 Å². The topological polar surface area (TPSA) is 0 Å². The van der Waals surface area contributed by atoms with Crippen molar-refractivity contribution in [2.75, 3.05) is 0 Å². The van der Waals surface area contributed by atoms with Gasteiger partial charge in [0.05, 0.1) is 5.56 Å². The van der Waals surface area contributed by atoms with E-state index in [1.165, 1.54) is 6.07 Å². The Morgan fingerprint density at radius 2 is 1.90 bits per heavy atom. The minimum absolute atomic E-state index is 0.0749. The summed E-state index contributed by atoms with van der Waals surface area (Å²) in [6.45, 7) is 6.55. The molecular weight excluding hydrogens is 261 g/mol. The number of fused-ring (bicyclic) bond motifs is 1. The van der Waals surface area contributed by atoms with Crippen LogP contribution in [0.4, 0.5) is 13.2 Å². The third-order valence-corrected chi connectivity index (χ3v) is 4.69. The second-order valence-corrected chi connectivity index (χ2v) is 6.55. The standard InChI is InChI=1S/C17H23F3/c1-4-5-11-16(2,3)14-10-9-13-12(14)7-6-8-15(13)17(18,19)20/h6-8,14H,4-5,9-11H2,1-3H3. The Balaban J connectivity index is 2.34. The van der Waals surface area contributed by atoms with Crippen LogP contribution in [0, 0.1) is 5.41 Å². The zero-order valence-electron chi connectivity index (χ0n) is 12.5. The summed E-state index contributed by atoms with van der Waals surface area (Å²) < 4.78 is 39.2. The Morgan fingerprint density at radius 1 is 1.20 bits per heavy atom. The van der Waals surface area contributed by atoms with E-state index in [1.54, 1.807) is 6.07 Å². The van der Waals surface area contributed by atoms with E-state index < -0.39 is 11.7 Å². The van der Waals surface area contributed by atoms with Crippen LogP contribution in [0.15, 0.2) is 18.2 Å². The molecule has 112 valence electrons. The molecule has 1 aromatic carbocycles. The lowest BCUT2D eigenvalue weighted by atomic mass is 9.72. The average Bonchev–Trinajstić information content (AvgIpc) is 2.79. The Hall–Kier alpha value is -0.990. The second kappa shape index (κ2) is 5.42. The lowest BCUT2D eigenvalue weighted by Gasteiger charge is -2.32. The molecule has 0 bridgehead atoms. The molecule has 0 fully saturated rings. The summed E-state index contributed by atoms with van der Waals surface area (Å²) in [5.41, 5.74) is 1.12. The molecule has 1 aliphatic carbocycles. The van der Waals surface area contributed by atoms with Crippen molar-refractivity contribution in [3.05, 3.63) is 34.9 Å². The minimum atomic E-state index is -4.23. The zero-order valence-corrected chi connectivity index (χ0v) is 12.5. The maximum absolute atomic E-state index is 13.1. The Bertz CT molecular complexity index is 472. The van der Waals surface area contributed by atoms with Gasteiger partial charge in [0, 0.05) is 0 Å². The maximum Gasteiger partial charge on any atom is 0.416 e. The molecule has 3 heteroatoms. The van der Waals surface area contributed by atoms with Crippen LogP contribution in [-0.2, 0) is 12.6 Å². The van der Waals surface area contributed by atoms with Crippen LogP contribution in [0.5, 0.6) is 0 Å². The number of halogens is 3. The van der Waals surface area contributed by atoms with Crippen molar-refractivity contribution in [3.63, 3.8) is 0 Å². The molecular formula is C17H23F3. The first kappa shape index (κ1) is 15.4. The Kier molecular flexibility index (Phi) is 4.17. The molecule has 0 aliphatic heterocycles. The van der Waals surface area contributed by atoms with Gasteiger partial charge >= 0.3 is 6.18 Å². The minimum Gasteiger partial charge on any atom is -0.166 e. The van der Waals surface area contributed by atoms with Crippen LogP contribution < -0.4 is 0 Å². The van der Waals surface area contributed by atoms with Gasteiger partial charge in [0.25, 0.3) is 0 Å². The second-order valence-electron chi connectivity index (χ2n) is 6.55. The van der Waals surface area contributed by atoms with Crippen molar-refractivity contribution in [1.82, 2.24) is 0 Å². The van der Waals surface area contributed by atoms with Gasteiger partial charge in [-0.1, -0.05) is 45.7 Å². The predicted octanol–water partition coefficient (Wildman–Crippen LogP) is 5.95. The number of benzene rings is 1. The number of alkyl halides is 3. The first-order valence-corrected chi connectivity index (χ1v) is 7.46. The summed E-state index contributed by atoms with van der Waals surface area (Å²) in [6.07, 6.45) is 0.519. The fourth-order valence-electron chi connectivity index (χ4n) is 3.54. The summed E-state index contributed by atoms with van der Waals surface area (Å²) in [5, 5.41) is 0. The third-order valence-electron chi connectivity index (χ3n) is 4.69. The zero-order chi connectivity index (χ0) is 15.0. The normalized spacial score (nSPS) is 19.2. The van der Waals surface area contributed by atoms with E-state index in [0.29, 0.717) is 12.0 Å². The molecule has 0 spiro atoms. The molecule has 0 saturated carbocycles. The number of hydrogen-bond acceptors (Lipinski definition) is 0. The molecule has 2 rings (SSSR count). The Morgan fingerprint density at radius 3 is 2.50 bits per heavy atom. The third kappa shape index (κ3) is 2.87. The highest BCUT2D eigenvalue weighted by Gasteiger charge is 2.40. The van der Waals surface area contributed by atoms with Crippen molar-refractivity contribution in [1.29, 1.82) is 0 Å². The molecule has 1 unspecified atom stereocenters. The van der Waals surface area contributed by atoms with Crippen LogP contribution in [0.1, 0.15) is 69.1 Å². The van der Waals surface area contributed by atoms with Gasteiger partial charge < -0.3 is 0 Å². The number of rotatable bonds is 4. The Labute approximate surface area is 119 Å². The van der Waals surface area contributed by atoms with Gasteiger partial charge in [-0.15, -0.1) is 0 Å². The van der Waals surface area contributed by atoms with Crippen LogP contribution in [-0.4, -0.2) is 0 Å². The predicted molar refractivity (Wildman–Crippen MR) is 75.8 cm³/mol. The summed E-state index contributed by atoms with van der Waals surface area (Å²) in [4.78, 5) is 0. The lowest BCUT2D eigenvalue weighted by Crippen LogP contribution is -2.20. The van der Waals surface area contributed by atoms with Gasteiger partial charge in [0.15, 0.2) is 0 Å². The van der Waals surface area contributed by atoms with Gasteiger partial charge in [-0.3, -0.25) is 0 Å². The lowest BCUT2D eigenvalue weighted by molar-refractivity contribution is -0.138. The van der Waals surface area contributed by atoms with Gasteiger partial charge in [-0.05, 0) is 47.8 Å². The van der Waals surface area contributed by atoms with Crippen molar-refractivity contribution < 1.29 is 13.2 Å². The van der Waals surface area contributed by atoms with Gasteiger partial charge in [0.2, 0.25) is 0 Å². The first-order chi connectivity index (χ1) is 9.27. The van der Waals surface area contributed by atoms with E-state index in [1.807, 2.05) is 6.07 Å². The van der Waals surface area contributed by atoms with E-state index in [-0.39, 0.29) is 11.3 Å². The highest BCUT2D eigenvalue weighted by atomic mass is 19.4. The van der Waals surface area contributed by atoms with E-state index in [0.717, 1.165) is 31.2 Å². The molecule has 1 atom stereocenters. The van der Waals surface area contributed by atoms with Crippen LogP contribution in [0.3, 0.4) is 0 Å². The molecule has 0 nitrogen and oxygen atoms in total. The summed E-state index contributed by atoms with van der Waals surface area (Å²) >= 11 is 0. The molecule has 20 heavy (non-hydrogen) atoms. The van der Waals surface area contributed by atoms with Gasteiger partial charge in [0.1, 0.15) is 0 Å². The van der Waals surface area contributed by atoms with E-state index >= 15 is 0 Å². The summed E-state index contributed by atoms with van der Waals surface area (Å²) in [6, 6.07) is 4.69. The van der Waals surface area contributed by atoms with E-state index in [2.05, 4.69) is 20.8 Å². The number of unbranched alkanes of at least 4 members (excludes halogenated alkanes) is 1. The summed E-state index contributed by atoms with van der Waals surface area (Å²) in [5.74, 6) is 0.256. The molecule has 0 radical (unpaired) electrons.